The fourth-order valence-electron chi connectivity index (χ4n) is 3.25. The molecule has 0 aliphatic carbocycles. The van der Waals surface area contributed by atoms with Gasteiger partial charge >= 0.3 is 11.9 Å². The summed E-state index contributed by atoms with van der Waals surface area (Å²) in [5.74, 6) is -0.799. The van der Waals surface area contributed by atoms with Gasteiger partial charge in [0.15, 0.2) is 0 Å². The molecule has 0 spiro atoms. The number of hydrogen-bond acceptors (Lipinski definition) is 7. The molecule has 0 aromatic heterocycles. The molecule has 1 saturated heterocycles. The van der Waals surface area contributed by atoms with Crippen LogP contribution in [0.2, 0.25) is 0 Å². The van der Waals surface area contributed by atoms with Gasteiger partial charge in [0, 0.05) is 31.6 Å². The highest BCUT2D eigenvalue weighted by Crippen LogP contribution is 2.45. The normalized spacial score (nSPS) is 20.8. The third-order valence-corrected chi connectivity index (χ3v) is 6.16. The van der Waals surface area contributed by atoms with Crippen molar-refractivity contribution in [2.45, 2.75) is 50.3 Å². The number of hydrogen-bond donors (Lipinski definition) is 1. The number of benzene rings is 1. The lowest BCUT2D eigenvalue weighted by Crippen LogP contribution is -2.33. The Labute approximate surface area is 175 Å². The summed E-state index contributed by atoms with van der Waals surface area (Å²) in [7, 11) is 2.90. The minimum atomic E-state index is -0.425. The number of amides is 1. The Balaban J connectivity index is 2.06. The molecule has 7 nitrogen and oxygen atoms in total. The molecule has 1 aromatic carbocycles. The van der Waals surface area contributed by atoms with Crippen molar-refractivity contribution in [1.82, 2.24) is 5.32 Å². The molecule has 1 amide bonds. The van der Waals surface area contributed by atoms with Crippen LogP contribution in [-0.4, -0.2) is 55.2 Å². The predicted octanol–water partition coefficient (Wildman–Crippen LogP) is 2.50. The van der Waals surface area contributed by atoms with Crippen LogP contribution in [-0.2, 0) is 28.6 Å². The van der Waals surface area contributed by atoms with Gasteiger partial charge < -0.3 is 19.5 Å². The summed E-state index contributed by atoms with van der Waals surface area (Å²) in [5.41, 5.74) is 1.09. The van der Waals surface area contributed by atoms with Gasteiger partial charge in [-0.1, -0.05) is 37.3 Å². The SMILES string of the molecule is CNC(=O)CC(C[C@H](OC(C)=O)[C@H](C)[C@H]1O[C@@H]1c1ccccc1)SCC(=O)OC. The van der Waals surface area contributed by atoms with E-state index in [4.69, 9.17) is 14.2 Å². The van der Waals surface area contributed by atoms with Crippen molar-refractivity contribution >= 4 is 29.6 Å². The quantitative estimate of drug-likeness (QED) is 0.432. The minimum Gasteiger partial charge on any atom is -0.468 e. The third kappa shape index (κ3) is 7.36. The van der Waals surface area contributed by atoms with Crippen molar-refractivity contribution in [3.05, 3.63) is 35.9 Å². The van der Waals surface area contributed by atoms with Crippen LogP contribution in [0.1, 0.15) is 38.4 Å². The zero-order valence-corrected chi connectivity index (χ0v) is 18.1. The summed E-state index contributed by atoms with van der Waals surface area (Å²) in [6.07, 6.45) is 0.149. The molecule has 8 heteroatoms. The number of rotatable bonds is 11. The Bertz CT molecular complexity index is 698. The van der Waals surface area contributed by atoms with Crippen LogP contribution in [0.3, 0.4) is 0 Å². The number of esters is 2. The summed E-state index contributed by atoms with van der Waals surface area (Å²) in [6, 6.07) is 9.90. The minimum absolute atomic E-state index is 0.0237. The molecule has 5 atom stereocenters. The van der Waals surface area contributed by atoms with E-state index in [2.05, 4.69) is 5.32 Å². The number of epoxide rings is 1. The van der Waals surface area contributed by atoms with Gasteiger partial charge in [0.2, 0.25) is 5.91 Å². The van der Waals surface area contributed by atoms with Gasteiger partial charge in [-0.2, -0.15) is 0 Å². The van der Waals surface area contributed by atoms with Gasteiger partial charge in [-0.15, -0.1) is 11.8 Å². The maximum Gasteiger partial charge on any atom is 0.315 e. The monoisotopic (exact) mass is 423 g/mol. The Morgan fingerprint density at radius 2 is 1.93 bits per heavy atom. The Morgan fingerprint density at radius 3 is 2.52 bits per heavy atom. The molecule has 29 heavy (non-hydrogen) atoms. The highest BCUT2D eigenvalue weighted by atomic mass is 32.2. The summed E-state index contributed by atoms with van der Waals surface area (Å²) in [5, 5.41) is 2.40. The number of ether oxygens (including phenoxy) is 3. The number of nitrogens with one attached hydrogen (secondary N) is 1. The molecule has 1 aromatic rings. The van der Waals surface area contributed by atoms with E-state index in [0.717, 1.165) is 5.56 Å². The van der Waals surface area contributed by atoms with Crippen LogP contribution in [0, 0.1) is 5.92 Å². The molecule has 0 radical (unpaired) electrons. The van der Waals surface area contributed by atoms with Gasteiger partial charge in [-0.05, 0) is 12.0 Å². The van der Waals surface area contributed by atoms with E-state index < -0.39 is 6.10 Å². The second-order valence-corrected chi connectivity index (χ2v) is 8.35. The lowest BCUT2D eigenvalue weighted by atomic mass is 9.92. The van der Waals surface area contributed by atoms with Crippen molar-refractivity contribution in [2.24, 2.45) is 5.92 Å². The average molecular weight is 424 g/mol. The molecular weight excluding hydrogens is 394 g/mol. The van der Waals surface area contributed by atoms with Crippen molar-refractivity contribution < 1.29 is 28.6 Å². The predicted molar refractivity (Wildman–Crippen MR) is 110 cm³/mol. The zero-order valence-electron chi connectivity index (χ0n) is 17.3. The Morgan fingerprint density at radius 1 is 1.24 bits per heavy atom. The van der Waals surface area contributed by atoms with Crippen LogP contribution in [0.25, 0.3) is 0 Å². The first-order chi connectivity index (χ1) is 13.8. The first-order valence-corrected chi connectivity index (χ1v) is 10.7. The molecule has 0 saturated carbocycles. The molecule has 1 fully saturated rings. The Kier molecular flexibility index (Phi) is 8.98. The number of thioether (sulfide) groups is 1. The van der Waals surface area contributed by atoms with Crippen LogP contribution in [0.15, 0.2) is 30.3 Å². The molecular formula is C21H29NO6S. The molecule has 0 bridgehead atoms. The van der Waals surface area contributed by atoms with Crippen LogP contribution in [0.5, 0.6) is 0 Å². The maximum absolute atomic E-state index is 11.9. The molecule has 1 unspecified atom stereocenters. The highest BCUT2D eigenvalue weighted by Gasteiger charge is 2.47. The third-order valence-electron chi connectivity index (χ3n) is 4.93. The van der Waals surface area contributed by atoms with Crippen molar-refractivity contribution in [1.29, 1.82) is 0 Å². The number of carbonyl (C=O) groups excluding carboxylic acids is 3. The van der Waals surface area contributed by atoms with E-state index >= 15 is 0 Å². The van der Waals surface area contributed by atoms with E-state index in [1.807, 2.05) is 37.3 Å². The Hall–Kier alpha value is -2.06. The maximum atomic E-state index is 11.9. The van der Waals surface area contributed by atoms with E-state index in [9.17, 15) is 14.4 Å². The molecule has 1 aliphatic heterocycles. The molecule has 1 aliphatic rings. The van der Waals surface area contributed by atoms with E-state index in [-0.39, 0.29) is 53.4 Å². The summed E-state index contributed by atoms with van der Waals surface area (Å²) in [6.45, 7) is 3.36. The fraction of sp³-hybridized carbons (Fsp3) is 0.571. The summed E-state index contributed by atoms with van der Waals surface area (Å²) in [4.78, 5) is 35.2. The topological polar surface area (TPSA) is 94.2 Å². The van der Waals surface area contributed by atoms with E-state index in [0.29, 0.717) is 6.42 Å². The van der Waals surface area contributed by atoms with Gasteiger partial charge in [-0.3, -0.25) is 14.4 Å². The van der Waals surface area contributed by atoms with Crippen molar-refractivity contribution in [3.63, 3.8) is 0 Å². The summed E-state index contributed by atoms with van der Waals surface area (Å²) >= 11 is 1.33. The van der Waals surface area contributed by atoms with E-state index in [1.165, 1.54) is 25.8 Å². The van der Waals surface area contributed by atoms with Gasteiger partial charge in [0.1, 0.15) is 12.2 Å². The zero-order chi connectivity index (χ0) is 21.4. The van der Waals surface area contributed by atoms with E-state index in [1.54, 1.807) is 7.05 Å². The molecule has 1 N–H and O–H groups in total. The highest BCUT2D eigenvalue weighted by molar-refractivity contribution is 8.00. The largest absolute Gasteiger partial charge is 0.468 e. The first kappa shape index (κ1) is 23.2. The average Bonchev–Trinajstić information content (AvgIpc) is 3.51. The van der Waals surface area contributed by atoms with Gasteiger partial charge in [0.05, 0.1) is 19.0 Å². The van der Waals surface area contributed by atoms with Crippen LogP contribution in [0.4, 0.5) is 0 Å². The number of carbonyl (C=O) groups is 3. The lowest BCUT2D eigenvalue weighted by molar-refractivity contribution is -0.149. The molecule has 2 rings (SSSR count). The van der Waals surface area contributed by atoms with Crippen molar-refractivity contribution in [3.8, 4) is 0 Å². The lowest BCUT2D eigenvalue weighted by Gasteiger charge is -2.26. The second kappa shape index (κ2) is 11.2. The second-order valence-electron chi connectivity index (χ2n) is 7.06. The van der Waals surface area contributed by atoms with Gasteiger partial charge in [0.25, 0.3) is 0 Å². The van der Waals surface area contributed by atoms with Crippen molar-refractivity contribution in [2.75, 3.05) is 19.9 Å². The van der Waals surface area contributed by atoms with Gasteiger partial charge in [-0.25, -0.2) is 0 Å². The van der Waals surface area contributed by atoms with Crippen LogP contribution < -0.4 is 5.32 Å². The first-order valence-electron chi connectivity index (χ1n) is 9.62. The van der Waals surface area contributed by atoms with Crippen LogP contribution >= 0.6 is 11.8 Å². The summed E-state index contributed by atoms with van der Waals surface area (Å²) < 4.78 is 16.2. The molecule has 160 valence electrons. The molecule has 1 heterocycles. The fourth-order valence-corrected chi connectivity index (χ4v) is 4.34. The smallest absolute Gasteiger partial charge is 0.315 e. The number of methoxy groups -OCH3 is 1. The standard InChI is InChI=1S/C21H29NO6S/c1-13(20-21(28-20)15-8-6-5-7-9-15)17(27-14(2)23)10-16(11-18(24)22-3)29-12-19(25)26-4/h5-9,13,16-17,20-21H,10-12H2,1-4H3,(H,22,24)/t13-,16?,17-,20+,21+/m0/s1.